The fourth-order valence-corrected chi connectivity index (χ4v) is 3.34. The van der Waals surface area contributed by atoms with Crippen molar-refractivity contribution in [1.82, 2.24) is 9.88 Å². The molecule has 1 amide bonds. The smallest absolute Gasteiger partial charge is 0.259 e. The van der Waals surface area contributed by atoms with Gasteiger partial charge in [0.2, 0.25) is 5.88 Å². The summed E-state index contributed by atoms with van der Waals surface area (Å²) in [5.74, 6) is 0.440. The van der Waals surface area contributed by atoms with E-state index in [9.17, 15) is 9.90 Å². The first kappa shape index (κ1) is 15.3. The number of piperidine rings is 1. The number of aryl methyl sites for hydroxylation is 2. The first-order chi connectivity index (χ1) is 10.4. The molecule has 3 rings (SSSR count). The second kappa shape index (κ2) is 5.54. The second-order valence-electron chi connectivity index (χ2n) is 6.76. The molecule has 0 spiro atoms. The number of rotatable bonds is 2. The van der Waals surface area contributed by atoms with Gasteiger partial charge < -0.3 is 14.7 Å². The number of methoxy groups -OCH3 is 1. The number of ether oxygens (including phenoxy) is 1. The lowest BCUT2D eigenvalue weighted by Gasteiger charge is -2.41. The van der Waals surface area contributed by atoms with Crippen LogP contribution in [0, 0.1) is 5.92 Å². The van der Waals surface area contributed by atoms with Crippen LogP contribution in [0.2, 0.25) is 0 Å². The Kier molecular flexibility index (Phi) is 3.85. The number of amides is 1. The molecule has 5 nitrogen and oxygen atoms in total. The van der Waals surface area contributed by atoms with Gasteiger partial charge in [0.25, 0.3) is 5.91 Å². The highest BCUT2D eigenvalue weighted by Gasteiger charge is 2.37. The zero-order valence-corrected chi connectivity index (χ0v) is 13.6. The molecule has 1 aliphatic heterocycles. The number of aromatic nitrogens is 1. The van der Waals surface area contributed by atoms with Crippen molar-refractivity contribution < 1.29 is 14.6 Å². The molecule has 0 saturated carbocycles. The van der Waals surface area contributed by atoms with Gasteiger partial charge in [0.1, 0.15) is 5.56 Å². The number of carbonyl (C=O) groups excluding carboxylic acids is 1. The summed E-state index contributed by atoms with van der Waals surface area (Å²) in [7, 11) is 1.56. The van der Waals surface area contributed by atoms with Crippen LogP contribution in [-0.2, 0) is 12.8 Å². The summed E-state index contributed by atoms with van der Waals surface area (Å²) in [6.07, 6.45) is 3.63. The highest BCUT2D eigenvalue weighted by Crippen LogP contribution is 2.31. The molecule has 1 aromatic rings. The number of pyridine rings is 1. The molecule has 2 atom stereocenters. The van der Waals surface area contributed by atoms with Gasteiger partial charge in [-0.2, -0.15) is 0 Å². The third kappa shape index (κ3) is 2.58. The molecular weight excluding hydrogens is 280 g/mol. The molecule has 22 heavy (non-hydrogen) atoms. The van der Waals surface area contributed by atoms with Gasteiger partial charge in [-0.3, -0.25) is 4.79 Å². The van der Waals surface area contributed by atoms with Gasteiger partial charge in [-0.25, -0.2) is 4.98 Å². The van der Waals surface area contributed by atoms with Crippen LogP contribution in [0.5, 0.6) is 5.88 Å². The molecule has 1 fully saturated rings. The summed E-state index contributed by atoms with van der Waals surface area (Å²) < 4.78 is 5.34. The maximum Gasteiger partial charge on any atom is 0.259 e. The van der Waals surface area contributed by atoms with Gasteiger partial charge in [-0.15, -0.1) is 0 Å². The van der Waals surface area contributed by atoms with Gasteiger partial charge in [0.15, 0.2) is 0 Å². The predicted octanol–water partition coefficient (Wildman–Crippen LogP) is 1.81. The molecule has 0 radical (unpaired) electrons. The number of likely N-dealkylation sites (tertiary alicyclic amines) is 1. The molecule has 1 saturated heterocycles. The van der Waals surface area contributed by atoms with Crippen LogP contribution in [0.3, 0.4) is 0 Å². The summed E-state index contributed by atoms with van der Waals surface area (Å²) in [4.78, 5) is 19.2. The number of aliphatic hydroxyl groups is 1. The largest absolute Gasteiger partial charge is 0.480 e. The van der Waals surface area contributed by atoms with E-state index < -0.39 is 5.60 Å². The van der Waals surface area contributed by atoms with Crippen molar-refractivity contribution in [3.63, 3.8) is 0 Å². The quantitative estimate of drug-likeness (QED) is 0.905. The summed E-state index contributed by atoms with van der Waals surface area (Å²) in [5, 5.41) is 10.3. The van der Waals surface area contributed by atoms with Crippen LogP contribution in [0.15, 0.2) is 6.07 Å². The van der Waals surface area contributed by atoms with E-state index in [-0.39, 0.29) is 11.8 Å². The lowest BCUT2D eigenvalue weighted by molar-refractivity contribution is -0.0440. The Morgan fingerprint density at radius 3 is 2.95 bits per heavy atom. The van der Waals surface area contributed by atoms with E-state index in [0.717, 1.165) is 25.0 Å². The van der Waals surface area contributed by atoms with E-state index in [4.69, 9.17) is 4.74 Å². The maximum atomic E-state index is 12.9. The molecule has 1 N–H and O–H groups in total. The van der Waals surface area contributed by atoms with Crippen LogP contribution in [0.25, 0.3) is 0 Å². The topological polar surface area (TPSA) is 62.7 Å². The Labute approximate surface area is 131 Å². The lowest BCUT2D eigenvalue weighted by atomic mass is 9.84. The Morgan fingerprint density at radius 1 is 1.50 bits per heavy atom. The van der Waals surface area contributed by atoms with Crippen LogP contribution >= 0.6 is 0 Å². The van der Waals surface area contributed by atoms with Crippen molar-refractivity contribution in [3.8, 4) is 5.88 Å². The fourth-order valence-electron chi connectivity index (χ4n) is 3.34. The molecule has 0 unspecified atom stereocenters. The van der Waals surface area contributed by atoms with E-state index in [1.807, 2.05) is 24.8 Å². The predicted molar refractivity (Wildman–Crippen MR) is 83.1 cm³/mol. The van der Waals surface area contributed by atoms with Crippen molar-refractivity contribution in [3.05, 3.63) is 22.9 Å². The molecule has 2 heterocycles. The highest BCUT2D eigenvalue weighted by molar-refractivity contribution is 5.96. The summed E-state index contributed by atoms with van der Waals surface area (Å²) in [6.45, 7) is 4.96. The normalized spacial score (nSPS) is 27.6. The number of hydrogen-bond donors (Lipinski definition) is 1. The third-order valence-corrected chi connectivity index (χ3v) is 5.17. The monoisotopic (exact) mass is 304 g/mol. The van der Waals surface area contributed by atoms with Gasteiger partial charge in [-0.1, -0.05) is 6.92 Å². The second-order valence-corrected chi connectivity index (χ2v) is 6.76. The van der Waals surface area contributed by atoms with Gasteiger partial charge >= 0.3 is 0 Å². The van der Waals surface area contributed by atoms with Crippen molar-refractivity contribution >= 4 is 5.91 Å². The van der Waals surface area contributed by atoms with Crippen molar-refractivity contribution in [2.24, 2.45) is 5.92 Å². The molecule has 0 bridgehead atoms. The van der Waals surface area contributed by atoms with E-state index in [0.29, 0.717) is 31.0 Å². The van der Waals surface area contributed by atoms with Gasteiger partial charge in [-0.05, 0) is 44.2 Å². The van der Waals surface area contributed by atoms with E-state index in [1.165, 1.54) is 5.56 Å². The Hall–Kier alpha value is -1.62. The molecule has 120 valence electrons. The number of hydrogen-bond acceptors (Lipinski definition) is 4. The Morgan fingerprint density at radius 2 is 2.27 bits per heavy atom. The highest BCUT2D eigenvalue weighted by atomic mass is 16.5. The Bertz CT molecular complexity index is 598. The number of carbonyl (C=O) groups is 1. The fraction of sp³-hybridized carbons (Fsp3) is 0.647. The molecule has 0 aromatic carbocycles. The minimum atomic E-state index is -0.697. The SMILES string of the molecule is COc1nc2c(cc1C(=O)N1CC[C@](C)(O)[C@H](C)C1)CCC2. The molecular formula is C17H24N2O3. The number of fused-ring (bicyclic) bond motifs is 1. The summed E-state index contributed by atoms with van der Waals surface area (Å²) >= 11 is 0. The molecule has 5 heteroatoms. The van der Waals surface area contributed by atoms with Gasteiger partial charge in [0, 0.05) is 24.7 Å². The average Bonchev–Trinajstić information content (AvgIpc) is 2.95. The molecule has 1 aromatic heterocycles. The van der Waals surface area contributed by atoms with E-state index >= 15 is 0 Å². The van der Waals surface area contributed by atoms with E-state index in [1.54, 1.807) is 7.11 Å². The van der Waals surface area contributed by atoms with Crippen LogP contribution < -0.4 is 4.74 Å². The zero-order chi connectivity index (χ0) is 15.9. The van der Waals surface area contributed by atoms with E-state index in [2.05, 4.69) is 4.98 Å². The van der Waals surface area contributed by atoms with Crippen molar-refractivity contribution in [1.29, 1.82) is 0 Å². The van der Waals surface area contributed by atoms with Gasteiger partial charge in [0.05, 0.1) is 12.7 Å². The third-order valence-electron chi connectivity index (χ3n) is 5.17. The summed E-state index contributed by atoms with van der Waals surface area (Å²) in [5.41, 5.74) is 2.08. The molecule has 1 aliphatic carbocycles. The van der Waals surface area contributed by atoms with Crippen molar-refractivity contribution in [2.45, 2.75) is 45.1 Å². The van der Waals surface area contributed by atoms with Crippen LogP contribution in [0.1, 0.15) is 48.3 Å². The minimum absolute atomic E-state index is 0.0404. The summed E-state index contributed by atoms with van der Waals surface area (Å²) in [6, 6.07) is 1.95. The lowest BCUT2D eigenvalue weighted by Crippen LogP contribution is -2.50. The van der Waals surface area contributed by atoms with Crippen LogP contribution in [0.4, 0.5) is 0 Å². The zero-order valence-electron chi connectivity index (χ0n) is 13.6. The average molecular weight is 304 g/mol. The number of nitrogens with zero attached hydrogens (tertiary/aromatic N) is 2. The van der Waals surface area contributed by atoms with Crippen molar-refractivity contribution in [2.75, 3.05) is 20.2 Å². The first-order valence-corrected chi connectivity index (χ1v) is 8.01. The Balaban J connectivity index is 1.86. The molecule has 2 aliphatic rings. The first-order valence-electron chi connectivity index (χ1n) is 8.01. The standard InChI is InChI=1S/C17H24N2O3/c1-11-10-19(8-7-17(11,2)21)16(20)13-9-12-5-4-6-14(12)18-15(13)22-3/h9,11,21H,4-8,10H2,1-3H3/t11-,17+/m1/s1. The minimum Gasteiger partial charge on any atom is -0.480 e. The maximum absolute atomic E-state index is 12.9. The van der Waals surface area contributed by atoms with Crippen LogP contribution in [-0.4, -0.2) is 46.7 Å².